The highest BCUT2D eigenvalue weighted by Gasteiger charge is 2.16. The fourth-order valence-corrected chi connectivity index (χ4v) is 3.61. The average molecular weight is 344 g/mol. The van der Waals surface area contributed by atoms with Crippen molar-refractivity contribution in [3.8, 4) is 11.5 Å². The Labute approximate surface area is 141 Å². The molecular weight excluding hydrogens is 328 g/mol. The van der Waals surface area contributed by atoms with Crippen molar-refractivity contribution in [3.63, 3.8) is 0 Å². The molecule has 1 aliphatic heterocycles. The summed E-state index contributed by atoms with van der Waals surface area (Å²) in [4.78, 5) is 17.2. The first kappa shape index (κ1) is 14.9. The van der Waals surface area contributed by atoms with Gasteiger partial charge in [-0.15, -0.1) is 0 Å². The maximum atomic E-state index is 12.4. The van der Waals surface area contributed by atoms with Gasteiger partial charge in [-0.1, -0.05) is 11.3 Å². The third-order valence-corrected chi connectivity index (χ3v) is 5.10. The van der Waals surface area contributed by atoms with Crippen molar-refractivity contribution in [3.05, 3.63) is 34.4 Å². The molecule has 0 spiro atoms. The van der Waals surface area contributed by atoms with Gasteiger partial charge in [0.2, 0.25) is 0 Å². The van der Waals surface area contributed by atoms with Gasteiger partial charge in [0.15, 0.2) is 22.0 Å². The molecule has 0 aliphatic carbocycles. The molecule has 0 fully saturated rings. The van der Waals surface area contributed by atoms with Gasteiger partial charge in [-0.3, -0.25) is 9.48 Å². The SMILES string of the molecule is Cc1cc(C(=O)N=c2sc3cc4c(cc3n2C)OCCO4)nn1C. The van der Waals surface area contributed by atoms with Crippen molar-refractivity contribution in [1.29, 1.82) is 0 Å². The molecule has 24 heavy (non-hydrogen) atoms. The van der Waals surface area contributed by atoms with Gasteiger partial charge in [0.1, 0.15) is 13.2 Å². The predicted octanol–water partition coefficient (Wildman–Crippen LogP) is 1.79. The van der Waals surface area contributed by atoms with Gasteiger partial charge in [0.25, 0.3) is 5.91 Å². The van der Waals surface area contributed by atoms with Crippen LogP contribution in [-0.2, 0) is 14.1 Å². The second-order valence-corrected chi connectivity index (χ2v) is 6.63. The zero-order chi connectivity index (χ0) is 16.8. The van der Waals surface area contributed by atoms with Crippen LogP contribution in [0.5, 0.6) is 11.5 Å². The minimum Gasteiger partial charge on any atom is -0.486 e. The van der Waals surface area contributed by atoms with Crippen LogP contribution >= 0.6 is 11.3 Å². The topological polar surface area (TPSA) is 70.6 Å². The van der Waals surface area contributed by atoms with E-state index in [-0.39, 0.29) is 5.91 Å². The van der Waals surface area contributed by atoms with Crippen molar-refractivity contribution < 1.29 is 14.3 Å². The lowest BCUT2D eigenvalue weighted by Gasteiger charge is -2.18. The Bertz CT molecular complexity index is 1010. The second kappa shape index (κ2) is 5.48. The summed E-state index contributed by atoms with van der Waals surface area (Å²) in [6.07, 6.45) is 0. The lowest BCUT2D eigenvalue weighted by atomic mass is 10.3. The van der Waals surface area contributed by atoms with E-state index in [9.17, 15) is 4.79 Å². The molecule has 0 unspecified atom stereocenters. The van der Waals surface area contributed by atoms with Crippen LogP contribution in [0.1, 0.15) is 16.2 Å². The second-order valence-electron chi connectivity index (χ2n) is 5.62. The van der Waals surface area contributed by atoms with Gasteiger partial charge in [-0.2, -0.15) is 10.1 Å². The highest BCUT2D eigenvalue weighted by atomic mass is 32.1. The fourth-order valence-electron chi connectivity index (χ4n) is 2.58. The molecule has 7 nitrogen and oxygen atoms in total. The summed E-state index contributed by atoms with van der Waals surface area (Å²) in [6, 6.07) is 5.59. The van der Waals surface area contributed by atoms with Gasteiger partial charge in [0.05, 0.1) is 10.2 Å². The number of fused-ring (bicyclic) bond motifs is 2. The van der Waals surface area contributed by atoms with Crippen LogP contribution in [0.2, 0.25) is 0 Å². The van der Waals surface area contributed by atoms with E-state index in [0.29, 0.717) is 23.7 Å². The molecule has 2 aromatic heterocycles. The van der Waals surface area contributed by atoms with Gasteiger partial charge >= 0.3 is 0 Å². The summed E-state index contributed by atoms with van der Waals surface area (Å²) in [7, 11) is 3.68. The summed E-state index contributed by atoms with van der Waals surface area (Å²) in [5.41, 5.74) is 2.21. The Kier molecular flexibility index (Phi) is 3.42. The number of ether oxygens (including phenoxy) is 2. The van der Waals surface area contributed by atoms with Gasteiger partial charge in [-0.25, -0.2) is 0 Å². The average Bonchev–Trinajstić information content (AvgIpc) is 3.06. The smallest absolute Gasteiger partial charge is 0.300 e. The maximum absolute atomic E-state index is 12.4. The first-order valence-corrected chi connectivity index (χ1v) is 8.33. The molecule has 8 heteroatoms. The van der Waals surface area contributed by atoms with Gasteiger partial charge in [0, 0.05) is 31.9 Å². The minimum atomic E-state index is -0.349. The van der Waals surface area contributed by atoms with Crippen LogP contribution in [-0.4, -0.2) is 33.5 Å². The molecule has 3 heterocycles. The van der Waals surface area contributed by atoms with Gasteiger partial charge in [-0.05, 0) is 13.0 Å². The van der Waals surface area contributed by atoms with Crippen LogP contribution < -0.4 is 14.3 Å². The number of carbonyl (C=O) groups excluding carboxylic acids is 1. The first-order valence-electron chi connectivity index (χ1n) is 7.52. The normalized spacial score (nSPS) is 14.4. The van der Waals surface area contributed by atoms with E-state index in [1.165, 1.54) is 11.3 Å². The molecule has 0 bridgehead atoms. The monoisotopic (exact) mass is 344 g/mol. The van der Waals surface area contributed by atoms with Crippen LogP contribution in [0.25, 0.3) is 10.2 Å². The van der Waals surface area contributed by atoms with Crippen LogP contribution in [0.4, 0.5) is 0 Å². The van der Waals surface area contributed by atoms with Crippen molar-refractivity contribution >= 4 is 27.5 Å². The van der Waals surface area contributed by atoms with Crippen molar-refractivity contribution in [2.24, 2.45) is 19.1 Å². The highest BCUT2D eigenvalue weighted by Crippen LogP contribution is 2.35. The lowest BCUT2D eigenvalue weighted by molar-refractivity contribution is 0.0992. The zero-order valence-corrected chi connectivity index (χ0v) is 14.4. The molecule has 0 radical (unpaired) electrons. The van der Waals surface area contributed by atoms with Crippen molar-refractivity contribution in [1.82, 2.24) is 14.3 Å². The van der Waals surface area contributed by atoms with Crippen LogP contribution in [0, 0.1) is 6.92 Å². The van der Waals surface area contributed by atoms with Crippen molar-refractivity contribution in [2.45, 2.75) is 6.92 Å². The molecule has 0 saturated heterocycles. The molecule has 1 aromatic carbocycles. The Morgan fingerprint density at radius 1 is 1.21 bits per heavy atom. The number of amides is 1. The standard InChI is InChI=1S/C16H16N4O3S/c1-9-6-10(18-20(9)3)15(21)17-16-19(2)11-7-12-13(8-14(11)24-16)23-5-4-22-12/h6-8H,4-5H2,1-3H3. The summed E-state index contributed by atoms with van der Waals surface area (Å²) in [6.45, 7) is 2.99. The summed E-state index contributed by atoms with van der Waals surface area (Å²) < 4.78 is 15.8. The largest absolute Gasteiger partial charge is 0.486 e. The molecule has 1 amide bonds. The first-order chi connectivity index (χ1) is 11.5. The van der Waals surface area contributed by atoms with E-state index in [1.54, 1.807) is 17.8 Å². The summed E-state index contributed by atoms with van der Waals surface area (Å²) in [5.74, 6) is 1.10. The van der Waals surface area contributed by atoms with E-state index in [0.717, 1.165) is 27.4 Å². The number of nitrogens with zero attached hydrogens (tertiary/aromatic N) is 4. The Balaban J connectivity index is 1.81. The Hall–Kier alpha value is -2.61. The minimum absolute atomic E-state index is 0.346. The predicted molar refractivity (Wildman–Crippen MR) is 89.6 cm³/mol. The van der Waals surface area contributed by atoms with E-state index in [4.69, 9.17) is 9.47 Å². The number of benzene rings is 1. The molecule has 124 valence electrons. The quantitative estimate of drug-likeness (QED) is 0.675. The lowest BCUT2D eigenvalue weighted by Crippen LogP contribution is -2.16. The third kappa shape index (κ3) is 2.39. The third-order valence-electron chi connectivity index (χ3n) is 4.00. The number of hydrogen-bond donors (Lipinski definition) is 0. The fraction of sp³-hybridized carbons (Fsp3) is 0.312. The van der Waals surface area contributed by atoms with E-state index >= 15 is 0 Å². The van der Waals surface area contributed by atoms with Crippen LogP contribution in [0.3, 0.4) is 0 Å². The summed E-state index contributed by atoms with van der Waals surface area (Å²) in [5, 5.41) is 4.18. The van der Waals surface area contributed by atoms with E-state index < -0.39 is 0 Å². The van der Waals surface area contributed by atoms with Gasteiger partial charge < -0.3 is 14.0 Å². The van der Waals surface area contributed by atoms with E-state index in [1.807, 2.05) is 30.7 Å². The molecule has 1 aliphatic rings. The number of aromatic nitrogens is 3. The maximum Gasteiger partial charge on any atom is 0.300 e. The molecule has 4 rings (SSSR count). The number of carbonyl (C=O) groups is 1. The number of aryl methyl sites for hydroxylation is 3. The van der Waals surface area contributed by atoms with Crippen molar-refractivity contribution in [2.75, 3.05) is 13.2 Å². The molecule has 3 aromatic rings. The van der Waals surface area contributed by atoms with E-state index in [2.05, 4.69) is 10.1 Å². The Morgan fingerprint density at radius 2 is 1.92 bits per heavy atom. The zero-order valence-electron chi connectivity index (χ0n) is 13.6. The highest BCUT2D eigenvalue weighted by molar-refractivity contribution is 7.16. The summed E-state index contributed by atoms with van der Waals surface area (Å²) >= 11 is 1.44. The number of thiazole rings is 1. The molecule has 0 N–H and O–H groups in total. The molecule has 0 atom stereocenters. The number of rotatable bonds is 1. The molecular formula is C16H16N4O3S. The number of hydrogen-bond acceptors (Lipinski definition) is 5. The van der Waals surface area contributed by atoms with Crippen LogP contribution in [0.15, 0.2) is 23.2 Å². The Morgan fingerprint density at radius 3 is 2.58 bits per heavy atom. The molecule has 0 saturated carbocycles.